The third-order valence-electron chi connectivity index (χ3n) is 6.66. The Morgan fingerprint density at radius 1 is 0.947 bits per heavy atom. The monoisotopic (exact) mass is 505 g/mol. The van der Waals surface area contributed by atoms with Gasteiger partial charge in [-0.05, 0) is 49.2 Å². The topological polar surface area (TPSA) is 132 Å². The summed E-state index contributed by atoms with van der Waals surface area (Å²) in [6.07, 6.45) is 8.53. The number of aromatic amines is 2. The molecule has 6 aromatic rings. The first-order valence-corrected chi connectivity index (χ1v) is 12.1. The summed E-state index contributed by atoms with van der Waals surface area (Å²) in [7, 11) is 0. The van der Waals surface area contributed by atoms with E-state index in [-0.39, 0.29) is 17.6 Å². The molecular formula is C28H20FN7O2. The molecular weight excluding hydrogens is 485 g/mol. The number of phenolic OH excluding ortho intramolecular Hbond substituents is 1. The minimum absolute atomic E-state index is 0.0191. The zero-order valence-electron chi connectivity index (χ0n) is 19.9. The number of nitrogens with one attached hydrogen (secondary N) is 3. The maximum Gasteiger partial charge on any atom is 0.227 e. The van der Waals surface area contributed by atoms with E-state index in [1.807, 2.05) is 24.3 Å². The predicted octanol–water partition coefficient (Wildman–Crippen LogP) is 5.42. The second kappa shape index (κ2) is 8.48. The number of nitrogens with zero attached hydrogens (tertiary/aromatic N) is 4. The highest BCUT2D eigenvalue weighted by molar-refractivity contribution is 6.00. The van der Waals surface area contributed by atoms with Gasteiger partial charge in [0.15, 0.2) is 0 Å². The van der Waals surface area contributed by atoms with Crippen molar-refractivity contribution >= 4 is 33.4 Å². The number of hydrogen-bond acceptors (Lipinski definition) is 6. The fraction of sp³-hybridized carbons (Fsp3) is 0.107. The Balaban J connectivity index is 1.29. The first-order valence-electron chi connectivity index (χ1n) is 12.1. The van der Waals surface area contributed by atoms with Crippen LogP contribution in [0.1, 0.15) is 12.8 Å². The quantitative estimate of drug-likeness (QED) is 0.247. The first kappa shape index (κ1) is 22.1. The SMILES string of the molecule is O=C(Nc1cncc(-c2cc3c(-c4cc5c(-c6cc(O)cc(F)c6)nccc5[nH]4)n[nH]c3cn2)c1)C1CC1. The van der Waals surface area contributed by atoms with Crippen molar-refractivity contribution in [3.05, 3.63) is 73.1 Å². The highest BCUT2D eigenvalue weighted by atomic mass is 19.1. The number of benzene rings is 1. The lowest BCUT2D eigenvalue weighted by molar-refractivity contribution is -0.117. The van der Waals surface area contributed by atoms with Gasteiger partial charge in [-0.25, -0.2) is 4.39 Å². The van der Waals surface area contributed by atoms with Gasteiger partial charge in [-0.2, -0.15) is 5.10 Å². The van der Waals surface area contributed by atoms with E-state index in [0.717, 1.165) is 52.0 Å². The average Bonchev–Trinajstić information content (AvgIpc) is 3.54. The zero-order chi connectivity index (χ0) is 25.8. The van der Waals surface area contributed by atoms with E-state index in [9.17, 15) is 14.3 Å². The molecule has 186 valence electrons. The molecule has 1 fully saturated rings. The van der Waals surface area contributed by atoms with Crippen LogP contribution in [0.5, 0.6) is 5.75 Å². The number of fused-ring (bicyclic) bond motifs is 2. The standard InChI is InChI=1S/C28H20FN7O2/c29-17-5-15(7-19(37)8-17)26-20-10-24(34-22(20)3-4-31-26)27-21-9-23(32-13-25(21)35-36-27)16-6-18(12-30-11-16)33-28(38)14-1-2-14/h3-14,34,37H,1-2H2,(H,33,38)(H,35,36). The fourth-order valence-electron chi connectivity index (χ4n) is 4.64. The number of halogens is 1. The second-order valence-electron chi connectivity index (χ2n) is 9.42. The van der Waals surface area contributed by atoms with Crippen molar-refractivity contribution in [3.8, 4) is 39.7 Å². The Labute approximate surface area is 214 Å². The van der Waals surface area contributed by atoms with Gasteiger partial charge < -0.3 is 15.4 Å². The van der Waals surface area contributed by atoms with Crippen molar-refractivity contribution < 1.29 is 14.3 Å². The summed E-state index contributed by atoms with van der Waals surface area (Å²) in [6, 6.07) is 11.4. The van der Waals surface area contributed by atoms with Gasteiger partial charge in [-0.3, -0.25) is 24.8 Å². The third-order valence-corrected chi connectivity index (χ3v) is 6.66. The molecule has 4 N–H and O–H groups in total. The van der Waals surface area contributed by atoms with Gasteiger partial charge in [-0.15, -0.1) is 0 Å². The number of hydrogen-bond donors (Lipinski definition) is 4. The van der Waals surface area contributed by atoms with Crippen LogP contribution in [0, 0.1) is 11.7 Å². The van der Waals surface area contributed by atoms with Gasteiger partial charge in [0, 0.05) is 51.8 Å². The molecule has 0 bridgehead atoms. The Morgan fingerprint density at radius 2 is 1.82 bits per heavy atom. The molecule has 5 aromatic heterocycles. The van der Waals surface area contributed by atoms with E-state index in [2.05, 4.69) is 35.5 Å². The number of carbonyl (C=O) groups excluding carboxylic acids is 1. The van der Waals surface area contributed by atoms with Crippen molar-refractivity contribution in [1.82, 2.24) is 30.1 Å². The van der Waals surface area contributed by atoms with Crippen LogP contribution in [0.25, 0.3) is 55.7 Å². The lowest BCUT2D eigenvalue weighted by Crippen LogP contribution is -2.13. The summed E-state index contributed by atoms with van der Waals surface area (Å²) in [5.74, 6) is -0.594. The third kappa shape index (κ3) is 3.92. The van der Waals surface area contributed by atoms with Gasteiger partial charge in [0.2, 0.25) is 5.91 Å². The lowest BCUT2D eigenvalue weighted by Gasteiger charge is -2.06. The number of carbonyl (C=O) groups is 1. The number of aromatic nitrogens is 6. The van der Waals surface area contributed by atoms with E-state index in [0.29, 0.717) is 28.3 Å². The smallest absolute Gasteiger partial charge is 0.227 e. The Hall–Kier alpha value is -5.12. The zero-order valence-corrected chi connectivity index (χ0v) is 19.9. The van der Waals surface area contributed by atoms with Crippen LogP contribution in [0.2, 0.25) is 0 Å². The Kier molecular flexibility index (Phi) is 4.93. The van der Waals surface area contributed by atoms with Gasteiger partial charge in [0.1, 0.15) is 17.3 Å². The number of rotatable bonds is 5. The van der Waals surface area contributed by atoms with Crippen molar-refractivity contribution in [1.29, 1.82) is 0 Å². The van der Waals surface area contributed by atoms with Crippen LogP contribution in [-0.4, -0.2) is 41.1 Å². The molecule has 0 saturated heterocycles. The van der Waals surface area contributed by atoms with Crippen molar-refractivity contribution in [3.63, 3.8) is 0 Å². The number of pyridine rings is 3. The molecule has 9 nitrogen and oxygen atoms in total. The normalized spacial score (nSPS) is 13.3. The van der Waals surface area contributed by atoms with Crippen LogP contribution in [0.3, 0.4) is 0 Å². The molecule has 1 saturated carbocycles. The van der Waals surface area contributed by atoms with Gasteiger partial charge in [-0.1, -0.05) is 0 Å². The summed E-state index contributed by atoms with van der Waals surface area (Å²) in [6.45, 7) is 0. The molecule has 1 aliphatic rings. The number of H-pyrrole nitrogens is 2. The van der Waals surface area contributed by atoms with Gasteiger partial charge in [0.05, 0.1) is 40.7 Å². The van der Waals surface area contributed by atoms with E-state index < -0.39 is 5.82 Å². The largest absolute Gasteiger partial charge is 0.508 e. The lowest BCUT2D eigenvalue weighted by atomic mass is 10.1. The van der Waals surface area contributed by atoms with Crippen LogP contribution in [-0.2, 0) is 4.79 Å². The second-order valence-corrected chi connectivity index (χ2v) is 9.42. The highest BCUT2D eigenvalue weighted by Crippen LogP contribution is 2.35. The molecule has 0 spiro atoms. The summed E-state index contributed by atoms with van der Waals surface area (Å²) in [4.78, 5) is 28.8. The van der Waals surface area contributed by atoms with E-state index in [4.69, 9.17) is 0 Å². The van der Waals surface area contributed by atoms with Gasteiger partial charge >= 0.3 is 0 Å². The number of anilines is 1. The number of aromatic hydroxyl groups is 1. The van der Waals surface area contributed by atoms with Crippen LogP contribution >= 0.6 is 0 Å². The highest BCUT2D eigenvalue weighted by Gasteiger charge is 2.29. The van der Waals surface area contributed by atoms with Crippen molar-refractivity contribution in [2.75, 3.05) is 5.32 Å². The molecule has 0 aliphatic heterocycles. The molecule has 10 heteroatoms. The molecule has 1 amide bonds. The molecule has 38 heavy (non-hydrogen) atoms. The molecule has 1 aliphatic carbocycles. The Morgan fingerprint density at radius 3 is 2.66 bits per heavy atom. The average molecular weight is 506 g/mol. The molecule has 1 aromatic carbocycles. The molecule has 0 atom stereocenters. The molecule has 0 radical (unpaired) electrons. The maximum atomic E-state index is 14.0. The molecule has 0 unspecified atom stereocenters. The van der Waals surface area contributed by atoms with E-state index in [1.54, 1.807) is 24.8 Å². The minimum Gasteiger partial charge on any atom is -0.508 e. The summed E-state index contributed by atoms with van der Waals surface area (Å²) < 4.78 is 14.0. The summed E-state index contributed by atoms with van der Waals surface area (Å²) in [5.41, 5.74) is 6.06. The molecule has 7 rings (SSSR count). The maximum absolute atomic E-state index is 14.0. The predicted molar refractivity (Wildman–Crippen MR) is 141 cm³/mol. The van der Waals surface area contributed by atoms with Crippen molar-refractivity contribution in [2.45, 2.75) is 12.8 Å². The van der Waals surface area contributed by atoms with Crippen LogP contribution in [0.4, 0.5) is 10.1 Å². The number of phenols is 1. The summed E-state index contributed by atoms with van der Waals surface area (Å²) in [5, 5.41) is 22.0. The van der Waals surface area contributed by atoms with Crippen LogP contribution < -0.4 is 5.32 Å². The van der Waals surface area contributed by atoms with Crippen LogP contribution in [0.15, 0.2) is 67.3 Å². The minimum atomic E-state index is -0.543. The Bertz CT molecular complexity index is 1850. The van der Waals surface area contributed by atoms with E-state index in [1.165, 1.54) is 12.1 Å². The summed E-state index contributed by atoms with van der Waals surface area (Å²) >= 11 is 0. The van der Waals surface area contributed by atoms with E-state index >= 15 is 0 Å². The molecule has 5 heterocycles. The van der Waals surface area contributed by atoms with Crippen molar-refractivity contribution in [2.24, 2.45) is 5.92 Å². The van der Waals surface area contributed by atoms with Gasteiger partial charge in [0.25, 0.3) is 0 Å². The first-order chi connectivity index (χ1) is 18.5. The number of amides is 1. The fourth-order valence-corrected chi connectivity index (χ4v) is 4.64.